The third-order valence-corrected chi connectivity index (χ3v) is 5.39. The Bertz CT molecular complexity index is 832. The lowest BCUT2D eigenvalue weighted by atomic mass is 10.1. The van der Waals surface area contributed by atoms with Crippen LogP contribution in [0.15, 0.2) is 18.2 Å². The van der Waals surface area contributed by atoms with E-state index < -0.39 is 23.8 Å². The first-order valence-electron chi connectivity index (χ1n) is 9.60. The Morgan fingerprint density at radius 1 is 1.07 bits per heavy atom. The maximum absolute atomic E-state index is 13.0. The summed E-state index contributed by atoms with van der Waals surface area (Å²) in [6.45, 7) is 3.29. The number of anilines is 1. The Hall–Kier alpha value is -3.07. The van der Waals surface area contributed by atoms with Gasteiger partial charge in [-0.1, -0.05) is 0 Å². The van der Waals surface area contributed by atoms with Gasteiger partial charge in [-0.05, 0) is 24.6 Å². The zero-order valence-corrected chi connectivity index (χ0v) is 16.3. The zero-order chi connectivity index (χ0) is 21.0. The molecule has 0 aliphatic carbocycles. The van der Waals surface area contributed by atoms with Crippen LogP contribution in [0.25, 0.3) is 0 Å². The summed E-state index contributed by atoms with van der Waals surface area (Å²) in [5, 5.41) is 2.46. The van der Waals surface area contributed by atoms with E-state index in [1.807, 2.05) is 4.90 Å². The molecule has 3 rings (SSSR count). The summed E-state index contributed by atoms with van der Waals surface area (Å²) < 4.78 is 0. The maximum Gasteiger partial charge on any atom is 0.262 e. The summed E-state index contributed by atoms with van der Waals surface area (Å²) in [6, 6.07) is 4.07. The molecule has 1 unspecified atom stereocenters. The van der Waals surface area contributed by atoms with Crippen molar-refractivity contribution in [1.82, 2.24) is 15.1 Å². The first-order valence-corrected chi connectivity index (χ1v) is 9.60. The number of likely N-dealkylation sites (N-methyl/N-ethyl adjacent to an activating group) is 1. The molecule has 0 spiro atoms. The molecule has 0 aromatic heterocycles. The van der Waals surface area contributed by atoms with E-state index in [-0.39, 0.29) is 24.0 Å². The number of benzene rings is 1. The molecule has 9 heteroatoms. The lowest BCUT2D eigenvalue weighted by molar-refractivity contribution is -0.124. The van der Waals surface area contributed by atoms with E-state index >= 15 is 0 Å². The second kappa shape index (κ2) is 8.95. The molecule has 1 N–H and O–H groups in total. The van der Waals surface area contributed by atoms with Crippen LogP contribution in [0.1, 0.15) is 33.6 Å². The average Bonchev–Trinajstić information content (AvgIpc) is 2.99. The molecule has 0 radical (unpaired) electrons. The molecule has 29 heavy (non-hydrogen) atoms. The summed E-state index contributed by atoms with van der Waals surface area (Å²) in [5.74, 6) is -1.52. The Labute approximate surface area is 168 Å². The van der Waals surface area contributed by atoms with Crippen molar-refractivity contribution in [3.05, 3.63) is 29.3 Å². The molecule has 2 heterocycles. The molecule has 1 aromatic carbocycles. The highest BCUT2D eigenvalue weighted by Gasteiger charge is 2.42. The largest absolute Gasteiger partial charge is 0.369 e. The summed E-state index contributed by atoms with van der Waals surface area (Å²) in [4.78, 5) is 64.6. The van der Waals surface area contributed by atoms with Crippen molar-refractivity contribution in [2.75, 3.05) is 44.7 Å². The maximum atomic E-state index is 13.0. The smallest absolute Gasteiger partial charge is 0.262 e. The number of carbonyl (C=O) groups is 5. The van der Waals surface area contributed by atoms with Crippen LogP contribution in [-0.4, -0.2) is 85.9 Å². The van der Waals surface area contributed by atoms with Crippen molar-refractivity contribution < 1.29 is 24.0 Å². The number of fused-ring (bicyclic) bond motifs is 1. The van der Waals surface area contributed by atoms with E-state index in [2.05, 4.69) is 10.2 Å². The lowest BCUT2D eigenvalue weighted by Gasteiger charge is -2.35. The Morgan fingerprint density at radius 2 is 1.76 bits per heavy atom. The van der Waals surface area contributed by atoms with Gasteiger partial charge >= 0.3 is 0 Å². The third-order valence-electron chi connectivity index (χ3n) is 5.39. The number of nitrogens with one attached hydrogen (secondary N) is 1. The first-order chi connectivity index (χ1) is 14.0. The van der Waals surface area contributed by atoms with E-state index in [0.29, 0.717) is 25.9 Å². The first kappa shape index (κ1) is 20.7. The Kier molecular flexibility index (Phi) is 6.38. The highest BCUT2D eigenvalue weighted by Crippen LogP contribution is 2.30. The van der Waals surface area contributed by atoms with E-state index in [1.165, 1.54) is 7.05 Å². The van der Waals surface area contributed by atoms with Gasteiger partial charge in [0.05, 0.1) is 17.7 Å². The minimum atomic E-state index is -1.02. The fourth-order valence-electron chi connectivity index (χ4n) is 3.79. The van der Waals surface area contributed by atoms with E-state index in [1.54, 1.807) is 18.2 Å². The number of nitrogens with zero attached hydrogens (tertiary/aromatic N) is 3. The van der Waals surface area contributed by atoms with Gasteiger partial charge < -0.3 is 19.8 Å². The van der Waals surface area contributed by atoms with Crippen LogP contribution in [0.2, 0.25) is 0 Å². The number of imide groups is 1. The monoisotopic (exact) mass is 400 g/mol. The second-order valence-corrected chi connectivity index (χ2v) is 7.04. The second-order valence-electron chi connectivity index (χ2n) is 7.04. The average molecular weight is 400 g/mol. The van der Waals surface area contributed by atoms with Gasteiger partial charge in [-0.15, -0.1) is 0 Å². The lowest BCUT2D eigenvalue weighted by Crippen LogP contribution is -2.48. The number of carbonyl (C=O) groups excluding carboxylic acids is 5. The van der Waals surface area contributed by atoms with Crippen molar-refractivity contribution in [2.45, 2.75) is 18.9 Å². The van der Waals surface area contributed by atoms with Crippen molar-refractivity contribution in [3.8, 4) is 0 Å². The number of piperazine rings is 1. The molecule has 1 atom stereocenters. The van der Waals surface area contributed by atoms with Crippen molar-refractivity contribution >= 4 is 36.0 Å². The number of hydrogen-bond acceptors (Lipinski definition) is 7. The summed E-state index contributed by atoms with van der Waals surface area (Å²) >= 11 is 0. The van der Waals surface area contributed by atoms with Gasteiger partial charge in [-0.25, -0.2) is 0 Å². The summed E-state index contributed by atoms with van der Waals surface area (Å²) in [5.41, 5.74) is 1.35. The van der Waals surface area contributed by atoms with Gasteiger partial charge in [0.25, 0.3) is 11.8 Å². The summed E-state index contributed by atoms with van der Waals surface area (Å²) in [7, 11) is 1.43. The third kappa shape index (κ3) is 4.04. The zero-order valence-electron chi connectivity index (χ0n) is 16.3. The van der Waals surface area contributed by atoms with Gasteiger partial charge in [-0.2, -0.15) is 0 Å². The molecule has 0 saturated carbocycles. The molecule has 0 bridgehead atoms. The van der Waals surface area contributed by atoms with E-state index in [4.69, 9.17) is 0 Å². The Morgan fingerprint density at radius 3 is 2.38 bits per heavy atom. The van der Waals surface area contributed by atoms with Crippen LogP contribution in [-0.2, 0) is 14.4 Å². The molecule has 1 fully saturated rings. The van der Waals surface area contributed by atoms with E-state index in [0.717, 1.165) is 30.0 Å². The van der Waals surface area contributed by atoms with Crippen molar-refractivity contribution in [1.29, 1.82) is 0 Å². The minimum Gasteiger partial charge on any atom is -0.369 e. The van der Waals surface area contributed by atoms with Gasteiger partial charge in [0.2, 0.25) is 5.91 Å². The van der Waals surface area contributed by atoms with Crippen LogP contribution in [0.5, 0.6) is 0 Å². The predicted molar refractivity (Wildman–Crippen MR) is 105 cm³/mol. The number of rotatable bonds is 8. The fraction of sp³-hybridized carbons (Fsp3) is 0.450. The molecule has 1 saturated heterocycles. The fourth-order valence-corrected chi connectivity index (χ4v) is 3.79. The number of hydrogen-bond donors (Lipinski definition) is 1. The van der Waals surface area contributed by atoms with E-state index in [9.17, 15) is 24.0 Å². The highest BCUT2D eigenvalue weighted by atomic mass is 16.2. The highest BCUT2D eigenvalue weighted by molar-refractivity contribution is 6.23. The van der Waals surface area contributed by atoms with Crippen LogP contribution in [0.4, 0.5) is 5.69 Å². The molecule has 2 aliphatic heterocycles. The van der Waals surface area contributed by atoms with Crippen molar-refractivity contribution in [3.63, 3.8) is 0 Å². The quantitative estimate of drug-likeness (QED) is 0.471. The van der Waals surface area contributed by atoms with Crippen molar-refractivity contribution in [2.24, 2.45) is 0 Å². The van der Waals surface area contributed by atoms with Gasteiger partial charge in [0, 0.05) is 45.3 Å². The molecule has 3 amide bonds. The molecular formula is C20H24N4O5. The number of amides is 3. The normalized spacial score (nSPS) is 17.8. The molecule has 154 valence electrons. The molecule has 2 aliphatic rings. The minimum absolute atomic E-state index is 0.0712. The van der Waals surface area contributed by atoms with Gasteiger partial charge in [0.15, 0.2) is 0 Å². The summed E-state index contributed by atoms with van der Waals surface area (Å²) in [6.07, 6.45) is 1.70. The van der Waals surface area contributed by atoms with Gasteiger partial charge in [-0.3, -0.25) is 24.2 Å². The SMILES string of the molecule is CNC(=O)C(CCC=O)N1C(=O)c2ccc(N3CCN(CC=O)CC3)cc2C1=O. The predicted octanol–water partition coefficient (Wildman–Crippen LogP) is -0.303. The topological polar surface area (TPSA) is 107 Å². The molecule has 1 aromatic rings. The molecule has 9 nitrogen and oxygen atoms in total. The van der Waals surface area contributed by atoms with Crippen LogP contribution < -0.4 is 10.2 Å². The number of aldehydes is 2. The molecular weight excluding hydrogens is 376 g/mol. The van der Waals surface area contributed by atoms with Crippen LogP contribution >= 0.6 is 0 Å². The Balaban J connectivity index is 1.82. The van der Waals surface area contributed by atoms with Crippen LogP contribution in [0.3, 0.4) is 0 Å². The van der Waals surface area contributed by atoms with Crippen LogP contribution in [0, 0.1) is 0 Å². The standard InChI is InChI=1S/C20H24N4O5/c1-21-18(27)17(3-2-11-25)24-19(28)15-5-4-14(13-16(15)20(24)29)23-8-6-22(7-9-23)10-12-26/h4-5,11-13,17H,2-3,6-10H2,1H3,(H,21,27). The van der Waals surface area contributed by atoms with Gasteiger partial charge in [0.1, 0.15) is 18.6 Å².